The third kappa shape index (κ3) is 6.81. The van der Waals surface area contributed by atoms with Crippen molar-refractivity contribution in [2.24, 2.45) is 0 Å². The number of benzene rings is 2. The van der Waals surface area contributed by atoms with Crippen LogP contribution in [0.5, 0.6) is 0 Å². The van der Waals surface area contributed by atoms with Gasteiger partial charge in [-0.3, -0.25) is 4.79 Å². The molecule has 1 aliphatic rings. The molecule has 0 saturated carbocycles. The van der Waals surface area contributed by atoms with E-state index in [0.717, 1.165) is 41.3 Å². The third-order valence-corrected chi connectivity index (χ3v) is 7.34. The Hall–Kier alpha value is -2.37. The number of hydrogen-bond acceptors (Lipinski definition) is 5. The van der Waals surface area contributed by atoms with Gasteiger partial charge in [-0.2, -0.15) is 0 Å². The maximum Gasteiger partial charge on any atom is 0.226 e. The first kappa shape index (κ1) is 23.8. The molecule has 0 N–H and O–H groups in total. The van der Waals surface area contributed by atoms with Crippen LogP contribution in [0.2, 0.25) is 0 Å². The lowest BCUT2D eigenvalue weighted by atomic mass is 10.0. The average Bonchev–Trinajstić information content (AvgIpc) is 3.02. The molecule has 2 aromatic carbocycles. The van der Waals surface area contributed by atoms with Crippen molar-refractivity contribution < 1.29 is 9.21 Å². The first-order valence-corrected chi connectivity index (χ1v) is 13.1. The number of thioether (sulfide) groups is 1. The van der Waals surface area contributed by atoms with E-state index >= 15 is 0 Å². The van der Waals surface area contributed by atoms with E-state index in [-0.39, 0.29) is 5.78 Å². The van der Waals surface area contributed by atoms with Gasteiger partial charge in [-0.15, -0.1) is 11.8 Å². The molecule has 4 nitrogen and oxygen atoms in total. The van der Waals surface area contributed by atoms with Gasteiger partial charge in [-0.25, -0.2) is 4.98 Å². The van der Waals surface area contributed by atoms with Crippen LogP contribution in [0.4, 0.5) is 0 Å². The van der Waals surface area contributed by atoms with Crippen LogP contribution < -0.4 is 0 Å². The molecule has 0 amide bonds. The first-order chi connectivity index (χ1) is 16.1. The van der Waals surface area contributed by atoms with Gasteiger partial charge in [0, 0.05) is 28.2 Å². The maximum atomic E-state index is 12.6. The van der Waals surface area contributed by atoms with Crippen LogP contribution in [0, 0.1) is 13.8 Å². The lowest BCUT2D eigenvalue weighted by Gasteiger charge is -2.19. The molecule has 1 aliphatic heterocycles. The van der Waals surface area contributed by atoms with Gasteiger partial charge in [0.05, 0.1) is 5.69 Å². The minimum absolute atomic E-state index is 0.218. The fourth-order valence-electron chi connectivity index (χ4n) is 4.24. The highest BCUT2D eigenvalue weighted by molar-refractivity contribution is 7.98. The summed E-state index contributed by atoms with van der Waals surface area (Å²) in [5, 5.41) is 0. The molecule has 0 aliphatic carbocycles. The number of Topliss-reactive ketones (excluding diaryl/α,β-unsaturated/α-hetero) is 1. The number of rotatable bonds is 9. The smallest absolute Gasteiger partial charge is 0.226 e. The van der Waals surface area contributed by atoms with E-state index in [9.17, 15) is 4.79 Å². The summed E-state index contributed by atoms with van der Waals surface area (Å²) in [5.74, 6) is 2.45. The molecule has 0 radical (unpaired) electrons. The van der Waals surface area contributed by atoms with Crippen LogP contribution in [0.1, 0.15) is 65.9 Å². The van der Waals surface area contributed by atoms with Crippen molar-refractivity contribution in [3.8, 4) is 11.5 Å². The largest absolute Gasteiger partial charge is 0.441 e. The van der Waals surface area contributed by atoms with Crippen molar-refractivity contribution >= 4 is 17.5 Å². The average molecular weight is 463 g/mol. The molecule has 5 heteroatoms. The Kier molecular flexibility index (Phi) is 8.40. The Bertz CT molecular complexity index is 1030. The second-order valence-corrected chi connectivity index (χ2v) is 10.0. The molecule has 174 valence electrons. The minimum atomic E-state index is 0.218. The zero-order valence-corrected chi connectivity index (χ0v) is 20.6. The van der Waals surface area contributed by atoms with E-state index in [0.29, 0.717) is 12.3 Å². The monoisotopic (exact) mass is 462 g/mol. The molecule has 1 saturated heterocycles. The summed E-state index contributed by atoms with van der Waals surface area (Å²) in [7, 11) is 0. The summed E-state index contributed by atoms with van der Waals surface area (Å²) < 4.78 is 5.94. The van der Waals surface area contributed by atoms with Crippen LogP contribution in [0.15, 0.2) is 57.8 Å². The van der Waals surface area contributed by atoms with Crippen LogP contribution in [-0.2, 0) is 5.75 Å². The highest BCUT2D eigenvalue weighted by atomic mass is 32.2. The SMILES string of the molecule is Cc1ccc(SCc2nc(-c3ccc(C(=O)CCCN4CCCCCC4)cc3)oc2C)cc1. The molecule has 0 unspecified atom stereocenters. The van der Waals surface area contributed by atoms with E-state index in [1.807, 2.05) is 31.2 Å². The molecule has 1 aromatic heterocycles. The van der Waals surface area contributed by atoms with Gasteiger partial charge in [-0.05, 0) is 77.0 Å². The molecule has 2 heterocycles. The minimum Gasteiger partial charge on any atom is -0.441 e. The molecular formula is C28H34N2O2S. The number of ketones is 1. The molecule has 3 aromatic rings. The van der Waals surface area contributed by atoms with Gasteiger partial charge in [0.1, 0.15) is 5.76 Å². The number of aromatic nitrogens is 1. The van der Waals surface area contributed by atoms with Crippen molar-refractivity contribution in [2.75, 3.05) is 19.6 Å². The Morgan fingerprint density at radius 3 is 2.36 bits per heavy atom. The van der Waals surface area contributed by atoms with Crippen molar-refractivity contribution in [2.45, 2.75) is 63.0 Å². The molecule has 4 rings (SSSR count). The number of aryl methyl sites for hydroxylation is 2. The fourth-order valence-corrected chi connectivity index (χ4v) is 5.14. The topological polar surface area (TPSA) is 46.3 Å². The van der Waals surface area contributed by atoms with Crippen LogP contribution >= 0.6 is 11.8 Å². The van der Waals surface area contributed by atoms with E-state index in [1.54, 1.807) is 11.8 Å². The standard InChI is InChI=1S/C28H34N2O2S/c1-21-9-15-25(16-10-21)33-20-26-22(2)32-28(29-26)24-13-11-23(12-14-24)27(31)8-7-19-30-17-5-3-4-6-18-30/h9-16H,3-8,17-20H2,1-2H3. The number of nitrogens with zero attached hydrogens (tertiary/aromatic N) is 2. The van der Waals surface area contributed by atoms with Gasteiger partial charge < -0.3 is 9.32 Å². The van der Waals surface area contributed by atoms with E-state index in [1.165, 1.54) is 49.2 Å². The summed E-state index contributed by atoms with van der Waals surface area (Å²) in [6.07, 6.45) is 6.82. The summed E-state index contributed by atoms with van der Waals surface area (Å²) in [6.45, 7) is 7.46. The zero-order valence-electron chi connectivity index (χ0n) is 19.8. The van der Waals surface area contributed by atoms with Crippen LogP contribution in [0.3, 0.4) is 0 Å². The predicted octanol–water partition coefficient (Wildman–Crippen LogP) is 7.09. The zero-order chi connectivity index (χ0) is 23.0. The van der Waals surface area contributed by atoms with Crippen molar-refractivity contribution in [1.82, 2.24) is 9.88 Å². The van der Waals surface area contributed by atoms with Gasteiger partial charge in [0.15, 0.2) is 5.78 Å². The summed E-state index contributed by atoms with van der Waals surface area (Å²) in [6, 6.07) is 16.2. The molecule has 0 atom stereocenters. The number of oxazole rings is 1. The number of carbonyl (C=O) groups excluding carboxylic acids is 1. The first-order valence-electron chi connectivity index (χ1n) is 12.1. The lowest BCUT2D eigenvalue weighted by molar-refractivity contribution is 0.0975. The molecule has 0 bridgehead atoms. The number of carbonyl (C=O) groups is 1. The van der Waals surface area contributed by atoms with Crippen LogP contribution in [-0.4, -0.2) is 35.3 Å². The second kappa shape index (κ2) is 11.7. The molecule has 1 fully saturated rings. The van der Waals surface area contributed by atoms with Gasteiger partial charge in [0.2, 0.25) is 5.89 Å². The van der Waals surface area contributed by atoms with Gasteiger partial charge >= 0.3 is 0 Å². The highest BCUT2D eigenvalue weighted by Gasteiger charge is 2.14. The second-order valence-electron chi connectivity index (χ2n) is 8.98. The molecule has 33 heavy (non-hydrogen) atoms. The van der Waals surface area contributed by atoms with E-state index in [4.69, 9.17) is 9.40 Å². The lowest BCUT2D eigenvalue weighted by Crippen LogP contribution is -2.26. The Morgan fingerprint density at radius 1 is 0.970 bits per heavy atom. The fraction of sp³-hybridized carbons (Fsp3) is 0.429. The summed E-state index contributed by atoms with van der Waals surface area (Å²) >= 11 is 1.76. The Labute approximate surface area is 201 Å². The Balaban J connectivity index is 1.30. The third-order valence-electron chi connectivity index (χ3n) is 6.32. The van der Waals surface area contributed by atoms with Gasteiger partial charge in [-0.1, -0.05) is 42.7 Å². The molecule has 0 spiro atoms. The summed E-state index contributed by atoms with van der Waals surface area (Å²) in [4.78, 5) is 21.1. The molecular weight excluding hydrogens is 428 g/mol. The quantitative estimate of drug-likeness (QED) is 0.251. The summed E-state index contributed by atoms with van der Waals surface area (Å²) in [5.41, 5.74) is 3.90. The van der Waals surface area contributed by atoms with E-state index < -0.39 is 0 Å². The van der Waals surface area contributed by atoms with Crippen molar-refractivity contribution in [3.05, 3.63) is 71.1 Å². The van der Waals surface area contributed by atoms with Crippen molar-refractivity contribution in [1.29, 1.82) is 0 Å². The predicted molar refractivity (Wildman–Crippen MR) is 136 cm³/mol. The highest BCUT2D eigenvalue weighted by Crippen LogP contribution is 2.28. The normalized spacial score (nSPS) is 14.8. The van der Waals surface area contributed by atoms with Crippen molar-refractivity contribution in [3.63, 3.8) is 0 Å². The Morgan fingerprint density at radius 2 is 1.67 bits per heavy atom. The maximum absolute atomic E-state index is 12.6. The number of likely N-dealkylation sites (tertiary alicyclic amines) is 1. The van der Waals surface area contributed by atoms with E-state index in [2.05, 4.69) is 36.1 Å². The van der Waals surface area contributed by atoms with Gasteiger partial charge in [0.25, 0.3) is 0 Å². The number of hydrogen-bond donors (Lipinski definition) is 0. The van der Waals surface area contributed by atoms with Crippen LogP contribution in [0.25, 0.3) is 11.5 Å².